The van der Waals surface area contributed by atoms with Gasteiger partial charge < -0.3 is 0 Å². The largest absolute Gasteiger partial charge is 0.0683 e. The van der Waals surface area contributed by atoms with E-state index >= 15 is 0 Å². The Morgan fingerprint density at radius 3 is 1.48 bits per heavy atom. The fourth-order valence-electron chi connectivity index (χ4n) is 5.43. The normalized spacial score (nSPS) is 35.4. The molecule has 0 N–H and O–H groups in total. The molecule has 2 aliphatic heterocycles. The summed E-state index contributed by atoms with van der Waals surface area (Å²) in [5, 5.41) is 3.70. The van der Waals surface area contributed by atoms with Crippen molar-refractivity contribution in [2.75, 3.05) is 0 Å². The van der Waals surface area contributed by atoms with Crippen LogP contribution < -0.4 is 10.6 Å². The Kier molecular flexibility index (Phi) is 7.40. The van der Waals surface area contributed by atoms with Crippen molar-refractivity contribution in [3.8, 4) is 0 Å². The van der Waals surface area contributed by atoms with Crippen LogP contribution in [0.15, 0.2) is 24.3 Å². The van der Waals surface area contributed by atoms with Gasteiger partial charge in [0, 0.05) is 0 Å². The van der Waals surface area contributed by atoms with Crippen molar-refractivity contribution in [2.24, 2.45) is 0 Å². The lowest BCUT2D eigenvalue weighted by atomic mass is 10.1. The molecule has 2 heteroatoms. The van der Waals surface area contributed by atoms with E-state index in [9.17, 15) is 0 Å². The number of hydrogen-bond acceptors (Lipinski definition) is 0. The van der Waals surface area contributed by atoms with Crippen molar-refractivity contribution in [1.29, 1.82) is 0 Å². The fourth-order valence-corrected chi connectivity index (χ4v) is 13.5. The molecular weight excluding hydrogens is 338 g/mol. The van der Waals surface area contributed by atoms with E-state index in [0.717, 1.165) is 22.6 Å². The van der Waals surface area contributed by atoms with Crippen molar-refractivity contribution < 1.29 is 0 Å². The molecule has 1 aromatic rings. The summed E-state index contributed by atoms with van der Waals surface area (Å²) in [6.45, 7) is 9.72. The van der Waals surface area contributed by atoms with Crippen molar-refractivity contribution in [3.63, 3.8) is 0 Å². The molecule has 4 unspecified atom stereocenters. The van der Waals surface area contributed by atoms with E-state index in [4.69, 9.17) is 0 Å². The van der Waals surface area contributed by atoms with Crippen LogP contribution in [0.1, 0.15) is 85.5 Å². The second-order valence-electron chi connectivity index (χ2n) is 8.09. The third kappa shape index (κ3) is 4.01. The molecule has 2 heterocycles. The van der Waals surface area contributed by atoms with E-state index < -0.39 is 0 Å². The van der Waals surface area contributed by atoms with Gasteiger partial charge in [0.1, 0.15) is 0 Å². The average Bonchev–Trinajstić information content (AvgIpc) is 3.25. The summed E-state index contributed by atoms with van der Waals surface area (Å²) in [7, 11) is 0.118. The third-order valence-electron chi connectivity index (χ3n) is 6.71. The van der Waals surface area contributed by atoms with Crippen LogP contribution in [0.4, 0.5) is 0 Å². The lowest BCUT2D eigenvalue weighted by Gasteiger charge is -2.33. The molecule has 0 aliphatic carbocycles. The highest BCUT2D eigenvalue weighted by molar-refractivity contribution is 7.73. The lowest BCUT2D eigenvalue weighted by Crippen LogP contribution is -2.30. The first-order chi connectivity index (χ1) is 12.2. The summed E-state index contributed by atoms with van der Waals surface area (Å²) < 4.78 is 0. The predicted octanol–water partition coefficient (Wildman–Crippen LogP) is 6.99. The Labute approximate surface area is 159 Å². The van der Waals surface area contributed by atoms with Gasteiger partial charge in [-0.2, -0.15) is 0 Å². The molecule has 0 radical (unpaired) electrons. The number of benzene rings is 1. The monoisotopic (exact) mass is 376 g/mol. The third-order valence-corrected chi connectivity index (χ3v) is 14.3. The van der Waals surface area contributed by atoms with Gasteiger partial charge >= 0.3 is 0 Å². The van der Waals surface area contributed by atoms with Gasteiger partial charge in [0.15, 0.2) is 0 Å². The molecule has 140 valence electrons. The number of rotatable bonds is 7. The molecule has 0 aromatic heterocycles. The van der Waals surface area contributed by atoms with Gasteiger partial charge in [0.25, 0.3) is 0 Å². The van der Waals surface area contributed by atoms with E-state index in [2.05, 4.69) is 52.0 Å². The van der Waals surface area contributed by atoms with E-state index in [1.54, 1.807) is 0 Å². The Morgan fingerprint density at radius 2 is 1.08 bits per heavy atom. The van der Waals surface area contributed by atoms with Crippen LogP contribution in [0.3, 0.4) is 0 Å². The van der Waals surface area contributed by atoms with Crippen LogP contribution in [0.5, 0.6) is 0 Å². The van der Waals surface area contributed by atoms with Crippen LogP contribution in [0.25, 0.3) is 0 Å². The van der Waals surface area contributed by atoms with Crippen molar-refractivity contribution in [1.82, 2.24) is 0 Å². The molecule has 0 amide bonds. The van der Waals surface area contributed by atoms with Crippen molar-refractivity contribution in [2.45, 2.75) is 108 Å². The summed E-state index contributed by atoms with van der Waals surface area (Å²) in [6, 6.07) is 9.83. The first-order valence-electron chi connectivity index (χ1n) is 10.9. The first kappa shape index (κ1) is 19.8. The molecule has 6 atom stereocenters. The molecule has 2 fully saturated rings. The molecule has 3 rings (SSSR count). The van der Waals surface area contributed by atoms with Crippen molar-refractivity contribution in [3.05, 3.63) is 24.3 Å². The molecule has 1 aromatic carbocycles. The van der Waals surface area contributed by atoms with E-state index in [0.29, 0.717) is 0 Å². The molecule has 2 aliphatic rings. The van der Waals surface area contributed by atoms with E-state index in [1.165, 1.54) is 57.8 Å². The Bertz CT molecular complexity index is 529. The zero-order valence-electron chi connectivity index (χ0n) is 16.9. The number of hydrogen-bond donors (Lipinski definition) is 0. The summed E-state index contributed by atoms with van der Waals surface area (Å²) in [5.41, 5.74) is 3.97. The highest BCUT2D eigenvalue weighted by Crippen LogP contribution is 2.61. The van der Waals surface area contributed by atoms with E-state index in [-0.39, 0.29) is 15.8 Å². The van der Waals surface area contributed by atoms with Crippen LogP contribution in [-0.2, 0) is 0 Å². The van der Waals surface area contributed by atoms with Gasteiger partial charge in [-0.1, -0.05) is 74.2 Å². The van der Waals surface area contributed by atoms with Gasteiger partial charge in [-0.05, 0) is 84.6 Å². The maximum Gasteiger partial charge on any atom is -0.0158 e. The van der Waals surface area contributed by atoms with Gasteiger partial charge in [-0.15, -0.1) is 0 Å². The van der Waals surface area contributed by atoms with Crippen molar-refractivity contribution >= 4 is 26.5 Å². The summed E-state index contributed by atoms with van der Waals surface area (Å²) >= 11 is 0. The molecule has 25 heavy (non-hydrogen) atoms. The van der Waals surface area contributed by atoms with E-state index in [1.807, 2.05) is 10.6 Å². The standard InChI is InChI=1S/C23H38P2/c1-5-11-21-17-16-20(8-4)25(21)23-13-10-9-12-22(23)24-18(6-2)14-15-19(24)7-3/h9-10,12-13,18-21H,5-8,11,14-17H2,1-4H3/t18-,19?,20-,21?,24?,25?/m1/s1. The predicted molar refractivity (Wildman–Crippen MR) is 119 cm³/mol. The average molecular weight is 377 g/mol. The topological polar surface area (TPSA) is 0 Å². The zero-order chi connectivity index (χ0) is 17.8. The second kappa shape index (κ2) is 9.33. The van der Waals surface area contributed by atoms with Gasteiger partial charge in [-0.3, -0.25) is 0 Å². The summed E-state index contributed by atoms with van der Waals surface area (Å²) in [6.07, 6.45) is 13.0. The maximum absolute atomic E-state index is 2.57. The first-order valence-corrected chi connectivity index (χ1v) is 13.9. The van der Waals surface area contributed by atoms with Crippen LogP contribution in [0, 0.1) is 0 Å². The smallest absolute Gasteiger partial charge is 0.0158 e. The maximum atomic E-state index is 2.57. The Morgan fingerprint density at radius 1 is 0.680 bits per heavy atom. The van der Waals surface area contributed by atoms with Crippen LogP contribution in [-0.4, -0.2) is 22.6 Å². The second-order valence-corrected chi connectivity index (χ2v) is 13.6. The SMILES string of the molecule is CCCC1CC[C@@H](CC)P1c1ccccc1P1C(CC)CC[C@H]1CC. The Balaban J connectivity index is 1.99. The molecule has 0 saturated carbocycles. The fraction of sp³-hybridized carbons (Fsp3) is 0.739. The highest BCUT2D eigenvalue weighted by Gasteiger charge is 2.40. The molecule has 0 nitrogen and oxygen atoms in total. The molecule has 2 saturated heterocycles. The van der Waals surface area contributed by atoms with Crippen LogP contribution >= 0.6 is 15.8 Å². The minimum Gasteiger partial charge on any atom is -0.0683 e. The van der Waals surface area contributed by atoms with Gasteiger partial charge in [0.05, 0.1) is 0 Å². The van der Waals surface area contributed by atoms with Gasteiger partial charge in [-0.25, -0.2) is 0 Å². The zero-order valence-corrected chi connectivity index (χ0v) is 18.7. The summed E-state index contributed by atoms with van der Waals surface area (Å²) in [4.78, 5) is 0. The van der Waals surface area contributed by atoms with Gasteiger partial charge in [0.2, 0.25) is 0 Å². The highest BCUT2D eigenvalue weighted by atomic mass is 31.1. The minimum absolute atomic E-state index is 0.0581. The molecular formula is C23H38P2. The molecule has 0 bridgehead atoms. The molecule has 0 spiro atoms. The Hall–Kier alpha value is 0.0800. The summed E-state index contributed by atoms with van der Waals surface area (Å²) in [5.74, 6) is 0. The van der Waals surface area contributed by atoms with Crippen LogP contribution in [0.2, 0.25) is 0 Å². The quantitative estimate of drug-likeness (QED) is 0.450. The lowest BCUT2D eigenvalue weighted by molar-refractivity contribution is 0.667. The minimum atomic E-state index is 0.0581.